The van der Waals surface area contributed by atoms with E-state index < -0.39 is 0 Å². The Bertz CT molecular complexity index is 2390. The average Bonchev–Trinajstić information content (AvgIpc) is 3.58. The molecule has 2 nitrogen and oxygen atoms in total. The van der Waals surface area contributed by atoms with Crippen molar-refractivity contribution < 1.29 is 8.78 Å². The minimum Gasteiger partial charge on any atom is -0.310 e. The zero-order valence-electron chi connectivity index (χ0n) is 24.1. The molecule has 8 aromatic rings. The van der Waals surface area contributed by atoms with Gasteiger partial charge in [-0.3, -0.25) is 0 Å². The first-order chi connectivity index (χ1) is 21.4. The summed E-state index contributed by atoms with van der Waals surface area (Å²) >= 11 is 1.87. The molecule has 6 aromatic carbocycles. The fourth-order valence-corrected chi connectivity index (χ4v) is 8.43. The Morgan fingerprint density at radius 3 is 1.93 bits per heavy atom. The molecule has 0 saturated carbocycles. The lowest BCUT2D eigenvalue weighted by molar-refractivity contribution is 0.628. The summed E-state index contributed by atoms with van der Waals surface area (Å²) in [5.74, 6) is -0.599. The summed E-state index contributed by atoms with van der Waals surface area (Å²) in [4.78, 5) is 2.06. The largest absolute Gasteiger partial charge is 0.310 e. The summed E-state index contributed by atoms with van der Waals surface area (Å²) in [5.41, 5.74) is 8.28. The number of nitrogens with zero attached hydrogens (tertiary/aromatic N) is 2. The summed E-state index contributed by atoms with van der Waals surface area (Å²) in [6.45, 7) is 4.62. The third-order valence-corrected chi connectivity index (χ3v) is 10.5. The van der Waals surface area contributed by atoms with E-state index in [9.17, 15) is 8.78 Å². The molecule has 0 unspecified atom stereocenters. The first kappa shape index (κ1) is 25.5. The minimum absolute atomic E-state index is 0.299. The van der Waals surface area contributed by atoms with Gasteiger partial charge in [0.1, 0.15) is 11.6 Å². The second kappa shape index (κ2) is 9.01. The Labute approximate surface area is 257 Å². The summed E-state index contributed by atoms with van der Waals surface area (Å²) in [7, 11) is 0. The molecule has 0 aliphatic carbocycles. The van der Waals surface area contributed by atoms with Crippen LogP contribution < -0.4 is 4.90 Å². The zero-order valence-corrected chi connectivity index (χ0v) is 24.9. The van der Waals surface area contributed by atoms with Crippen molar-refractivity contribution in [3.8, 4) is 5.69 Å². The maximum Gasteiger partial charge on any atom is 0.123 e. The van der Waals surface area contributed by atoms with Crippen molar-refractivity contribution in [3.05, 3.63) is 144 Å². The fraction of sp³-hybridized carbons (Fsp3) is 0.0769. The molecule has 212 valence electrons. The molecule has 44 heavy (non-hydrogen) atoms. The number of hydrogen-bond acceptors (Lipinski definition) is 2. The van der Waals surface area contributed by atoms with Crippen molar-refractivity contribution in [2.75, 3.05) is 4.90 Å². The van der Waals surface area contributed by atoms with Gasteiger partial charge in [0.05, 0.1) is 16.7 Å². The van der Waals surface area contributed by atoms with Crippen LogP contribution in [-0.2, 0) is 5.41 Å². The lowest BCUT2D eigenvalue weighted by atomic mass is 9.74. The molecule has 0 radical (unpaired) electrons. The SMILES string of the molecule is CC1(C)c2cc(N(c3ccc(F)cc3)c3ccc(F)cc3)ccc2-n2c3ccccc3c3c4sc5ccccc5c4cc1c32. The predicted molar refractivity (Wildman–Crippen MR) is 180 cm³/mol. The highest BCUT2D eigenvalue weighted by Crippen LogP contribution is 2.53. The summed E-state index contributed by atoms with van der Waals surface area (Å²) in [6.07, 6.45) is 0. The van der Waals surface area contributed by atoms with Gasteiger partial charge in [0.2, 0.25) is 0 Å². The molecule has 9 rings (SSSR count). The van der Waals surface area contributed by atoms with E-state index >= 15 is 0 Å². The Morgan fingerprint density at radius 2 is 1.23 bits per heavy atom. The maximum absolute atomic E-state index is 14.0. The van der Waals surface area contributed by atoms with Gasteiger partial charge < -0.3 is 9.47 Å². The molecular formula is C39H26F2N2S. The van der Waals surface area contributed by atoms with Crippen LogP contribution in [0.4, 0.5) is 25.8 Å². The molecule has 0 N–H and O–H groups in total. The predicted octanol–water partition coefficient (Wildman–Crippen LogP) is 11.5. The fourth-order valence-electron chi connectivity index (χ4n) is 7.19. The molecule has 0 spiro atoms. The Hall–Kier alpha value is -5.00. The molecule has 3 heterocycles. The second-order valence-electron chi connectivity index (χ2n) is 12.1. The van der Waals surface area contributed by atoms with Gasteiger partial charge in [-0.1, -0.05) is 50.2 Å². The van der Waals surface area contributed by atoms with Gasteiger partial charge in [-0.15, -0.1) is 11.3 Å². The van der Waals surface area contributed by atoms with E-state index in [0.717, 1.165) is 22.7 Å². The summed E-state index contributed by atoms with van der Waals surface area (Å²) in [6, 6.07) is 39.3. The number of aromatic nitrogens is 1. The number of para-hydroxylation sites is 1. The highest BCUT2D eigenvalue weighted by molar-refractivity contribution is 7.26. The van der Waals surface area contributed by atoms with Crippen LogP contribution in [0.3, 0.4) is 0 Å². The van der Waals surface area contributed by atoms with Gasteiger partial charge >= 0.3 is 0 Å². The van der Waals surface area contributed by atoms with Crippen LogP contribution in [0.1, 0.15) is 25.0 Å². The minimum atomic E-state index is -0.331. The van der Waals surface area contributed by atoms with Crippen molar-refractivity contribution in [3.63, 3.8) is 0 Å². The van der Waals surface area contributed by atoms with Gasteiger partial charge in [-0.05, 0) is 96.1 Å². The molecule has 5 heteroatoms. The van der Waals surface area contributed by atoms with E-state index in [1.807, 2.05) is 11.3 Å². The van der Waals surface area contributed by atoms with Crippen molar-refractivity contribution in [1.82, 2.24) is 4.57 Å². The molecule has 0 amide bonds. The van der Waals surface area contributed by atoms with Crippen LogP contribution in [0.15, 0.2) is 121 Å². The van der Waals surface area contributed by atoms with E-state index in [2.05, 4.69) is 96.1 Å². The Kier molecular flexibility index (Phi) is 5.22. The van der Waals surface area contributed by atoms with Crippen LogP contribution in [0, 0.1) is 11.6 Å². The topological polar surface area (TPSA) is 8.17 Å². The van der Waals surface area contributed by atoms with Gasteiger partial charge in [0.15, 0.2) is 0 Å². The number of rotatable bonds is 3. The van der Waals surface area contributed by atoms with Crippen molar-refractivity contribution in [1.29, 1.82) is 0 Å². The second-order valence-corrected chi connectivity index (χ2v) is 13.1. The van der Waals surface area contributed by atoms with Crippen LogP contribution in [0.2, 0.25) is 0 Å². The van der Waals surface area contributed by atoms with E-state index in [0.29, 0.717) is 0 Å². The smallest absolute Gasteiger partial charge is 0.123 e. The molecule has 1 aliphatic rings. The van der Waals surface area contributed by atoms with E-state index in [1.54, 1.807) is 24.3 Å². The number of thiophene rings is 1. The molecule has 1 aliphatic heterocycles. The monoisotopic (exact) mass is 592 g/mol. The molecule has 0 saturated heterocycles. The van der Waals surface area contributed by atoms with Crippen LogP contribution >= 0.6 is 11.3 Å². The van der Waals surface area contributed by atoms with E-state index in [4.69, 9.17) is 0 Å². The Morgan fingerprint density at radius 1 is 0.614 bits per heavy atom. The van der Waals surface area contributed by atoms with Crippen LogP contribution in [0.25, 0.3) is 47.7 Å². The normalized spacial score (nSPS) is 13.6. The quantitative estimate of drug-likeness (QED) is 0.198. The molecule has 0 bridgehead atoms. The number of halogens is 2. The maximum atomic E-state index is 14.0. The number of benzene rings is 6. The average molecular weight is 593 g/mol. The number of hydrogen-bond donors (Lipinski definition) is 0. The van der Waals surface area contributed by atoms with Crippen molar-refractivity contribution in [2.45, 2.75) is 19.3 Å². The van der Waals surface area contributed by atoms with Crippen LogP contribution in [0.5, 0.6) is 0 Å². The lowest BCUT2D eigenvalue weighted by Crippen LogP contribution is -2.27. The third-order valence-electron chi connectivity index (χ3n) is 9.28. The van der Waals surface area contributed by atoms with E-state index in [1.165, 1.54) is 77.4 Å². The van der Waals surface area contributed by atoms with Gasteiger partial charge in [-0.25, -0.2) is 8.78 Å². The van der Waals surface area contributed by atoms with Crippen molar-refractivity contribution >= 4 is 70.4 Å². The molecule has 0 fully saturated rings. The van der Waals surface area contributed by atoms with Gasteiger partial charge in [-0.2, -0.15) is 0 Å². The summed E-state index contributed by atoms with van der Waals surface area (Å²) < 4.78 is 33.1. The third kappa shape index (κ3) is 3.44. The number of anilines is 3. The van der Waals surface area contributed by atoms with E-state index in [-0.39, 0.29) is 17.0 Å². The number of fused-ring (bicyclic) bond motifs is 9. The first-order valence-corrected chi connectivity index (χ1v) is 15.6. The standard InChI is InChI=1S/C39H26F2N2S/c1-39(2)31-21-27(42(25-15-11-23(40)12-16-25)26-17-13-24(41)14-18-26)19-20-34(31)43-33-9-5-3-8-29(33)36-37(43)32(39)22-30-28-7-4-6-10-35(28)44-38(30)36/h3-22H,1-2H3. The molecular weight excluding hydrogens is 567 g/mol. The summed E-state index contributed by atoms with van der Waals surface area (Å²) in [5, 5.41) is 5.16. The lowest BCUT2D eigenvalue weighted by Gasteiger charge is -2.36. The van der Waals surface area contributed by atoms with Gasteiger partial charge in [0.25, 0.3) is 0 Å². The molecule has 0 atom stereocenters. The van der Waals surface area contributed by atoms with Gasteiger partial charge in [0, 0.05) is 53.4 Å². The van der Waals surface area contributed by atoms with Crippen molar-refractivity contribution in [2.24, 2.45) is 0 Å². The highest BCUT2D eigenvalue weighted by atomic mass is 32.1. The molecule has 2 aromatic heterocycles. The first-order valence-electron chi connectivity index (χ1n) is 14.7. The Balaban J connectivity index is 1.36. The highest BCUT2D eigenvalue weighted by Gasteiger charge is 2.37. The zero-order chi connectivity index (χ0) is 29.7. The van der Waals surface area contributed by atoms with Crippen LogP contribution in [-0.4, -0.2) is 4.57 Å².